The highest BCUT2D eigenvalue weighted by molar-refractivity contribution is 6.10. The van der Waals surface area contributed by atoms with Crippen molar-refractivity contribution in [2.45, 2.75) is 63.1 Å². The van der Waals surface area contributed by atoms with Crippen LogP contribution >= 0.6 is 0 Å². The number of hydrogen-bond acceptors (Lipinski definition) is 4. The monoisotopic (exact) mass is 323 g/mol. The summed E-state index contributed by atoms with van der Waals surface area (Å²) in [4.78, 5) is 51.0. The van der Waals surface area contributed by atoms with Crippen molar-refractivity contribution in [3.63, 3.8) is 0 Å². The second-order valence-corrected chi connectivity index (χ2v) is 6.60. The van der Waals surface area contributed by atoms with E-state index < -0.39 is 35.5 Å². The Morgan fingerprint density at radius 2 is 1.91 bits per heavy atom. The van der Waals surface area contributed by atoms with Gasteiger partial charge in [-0.2, -0.15) is 0 Å². The van der Waals surface area contributed by atoms with Crippen LogP contribution in [0.5, 0.6) is 0 Å². The first-order valence-corrected chi connectivity index (χ1v) is 8.06. The van der Waals surface area contributed by atoms with Gasteiger partial charge in [0.25, 0.3) is 5.91 Å². The van der Waals surface area contributed by atoms with Crippen molar-refractivity contribution in [2.75, 3.05) is 6.54 Å². The molecule has 2 saturated heterocycles. The number of carbonyl (C=O) groups excluding carboxylic acids is 3. The average Bonchev–Trinajstić information content (AvgIpc) is 3.19. The second-order valence-electron chi connectivity index (χ2n) is 6.60. The van der Waals surface area contributed by atoms with Crippen LogP contribution < -0.4 is 5.32 Å². The van der Waals surface area contributed by atoms with Crippen molar-refractivity contribution in [2.24, 2.45) is 0 Å². The summed E-state index contributed by atoms with van der Waals surface area (Å²) in [6.07, 6.45) is 3.94. The molecule has 1 aliphatic carbocycles. The maximum Gasteiger partial charge on any atom is 0.326 e. The lowest BCUT2D eigenvalue weighted by molar-refractivity contribution is -0.151. The first kappa shape index (κ1) is 15.8. The number of aliphatic carboxylic acids is 1. The van der Waals surface area contributed by atoms with Crippen molar-refractivity contribution in [1.29, 1.82) is 0 Å². The SMILES string of the molecule is CC(C(=O)N1CCC[C@@H]1C(=O)O)N1C(=O)NC2(CCCC2)C1=O. The van der Waals surface area contributed by atoms with Gasteiger partial charge in [-0.15, -0.1) is 0 Å². The van der Waals surface area contributed by atoms with E-state index in [0.29, 0.717) is 32.2 Å². The van der Waals surface area contributed by atoms with Crippen LogP contribution in [0.15, 0.2) is 0 Å². The number of carbonyl (C=O) groups is 4. The van der Waals surface area contributed by atoms with Gasteiger partial charge < -0.3 is 15.3 Å². The zero-order valence-electron chi connectivity index (χ0n) is 13.1. The largest absolute Gasteiger partial charge is 0.480 e. The zero-order chi connectivity index (χ0) is 16.8. The van der Waals surface area contributed by atoms with Gasteiger partial charge in [-0.3, -0.25) is 9.59 Å². The quantitative estimate of drug-likeness (QED) is 0.727. The molecule has 8 heteroatoms. The van der Waals surface area contributed by atoms with Crippen LogP contribution in [-0.2, 0) is 14.4 Å². The van der Waals surface area contributed by atoms with Crippen LogP contribution in [0.1, 0.15) is 45.4 Å². The minimum atomic E-state index is -1.05. The van der Waals surface area contributed by atoms with Crippen molar-refractivity contribution < 1.29 is 24.3 Å². The Bertz CT molecular complexity index is 569. The van der Waals surface area contributed by atoms with E-state index in [2.05, 4.69) is 5.32 Å². The van der Waals surface area contributed by atoms with Crippen molar-refractivity contribution >= 4 is 23.8 Å². The number of likely N-dealkylation sites (tertiary alicyclic amines) is 1. The Labute approximate surface area is 133 Å². The minimum absolute atomic E-state index is 0.342. The van der Waals surface area contributed by atoms with E-state index in [9.17, 15) is 24.3 Å². The van der Waals surface area contributed by atoms with Gasteiger partial charge in [-0.25, -0.2) is 14.5 Å². The van der Waals surface area contributed by atoms with Crippen molar-refractivity contribution in [3.05, 3.63) is 0 Å². The molecule has 3 fully saturated rings. The van der Waals surface area contributed by atoms with Gasteiger partial charge in [-0.1, -0.05) is 12.8 Å². The Kier molecular flexibility index (Phi) is 3.77. The van der Waals surface area contributed by atoms with Gasteiger partial charge in [0, 0.05) is 6.54 Å². The third-order valence-corrected chi connectivity index (χ3v) is 5.22. The first-order valence-electron chi connectivity index (χ1n) is 8.06. The lowest BCUT2D eigenvalue weighted by Gasteiger charge is -2.29. The third kappa shape index (κ3) is 2.36. The topological polar surface area (TPSA) is 107 Å². The van der Waals surface area contributed by atoms with Gasteiger partial charge in [-0.05, 0) is 32.6 Å². The smallest absolute Gasteiger partial charge is 0.326 e. The summed E-state index contributed by atoms with van der Waals surface area (Å²) < 4.78 is 0. The molecule has 1 unspecified atom stereocenters. The molecule has 2 N–H and O–H groups in total. The summed E-state index contributed by atoms with van der Waals surface area (Å²) in [6.45, 7) is 1.83. The lowest BCUT2D eigenvalue weighted by Crippen LogP contribution is -2.53. The molecular weight excluding hydrogens is 302 g/mol. The fraction of sp³-hybridized carbons (Fsp3) is 0.733. The number of carboxylic acid groups (broad SMARTS) is 1. The molecule has 3 aliphatic rings. The summed E-state index contributed by atoms with van der Waals surface area (Å²) >= 11 is 0. The number of urea groups is 1. The van der Waals surface area contributed by atoms with E-state index in [0.717, 1.165) is 17.7 Å². The molecule has 0 aromatic heterocycles. The predicted molar refractivity (Wildman–Crippen MR) is 78.4 cm³/mol. The molecule has 1 saturated carbocycles. The van der Waals surface area contributed by atoms with Gasteiger partial charge in [0.2, 0.25) is 5.91 Å². The van der Waals surface area contributed by atoms with E-state index in [-0.39, 0.29) is 5.91 Å². The van der Waals surface area contributed by atoms with E-state index in [1.165, 1.54) is 11.8 Å². The van der Waals surface area contributed by atoms with Crippen LogP contribution in [0.2, 0.25) is 0 Å². The highest BCUT2D eigenvalue weighted by Gasteiger charge is 2.55. The molecule has 4 amide bonds. The Morgan fingerprint density at radius 1 is 1.26 bits per heavy atom. The van der Waals surface area contributed by atoms with Crippen LogP contribution in [0, 0.1) is 0 Å². The molecule has 0 aromatic carbocycles. The van der Waals surface area contributed by atoms with Crippen molar-refractivity contribution in [3.8, 4) is 0 Å². The molecule has 2 heterocycles. The maximum absolute atomic E-state index is 12.7. The van der Waals surface area contributed by atoms with E-state index in [4.69, 9.17) is 0 Å². The number of nitrogens with one attached hydrogen (secondary N) is 1. The van der Waals surface area contributed by atoms with Crippen LogP contribution in [0.3, 0.4) is 0 Å². The zero-order valence-corrected chi connectivity index (χ0v) is 13.1. The lowest BCUT2D eigenvalue weighted by atomic mass is 9.97. The Hall–Kier alpha value is -2.12. The molecule has 23 heavy (non-hydrogen) atoms. The highest BCUT2D eigenvalue weighted by Crippen LogP contribution is 2.36. The standard InChI is InChI=1S/C15H21N3O5/c1-9(11(19)17-8-4-5-10(17)12(20)21)18-13(22)15(16-14(18)23)6-2-3-7-15/h9-10H,2-8H2,1H3,(H,16,23)(H,20,21)/t9?,10-/m1/s1. The number of nitrogens with zero attached hydrogens (tertiary/aromatic N) is 2. The summed E-state index contributed by atoms with van der Waals surface area (Å²) in [5.41, 5.74) is -0.858. The number of rotatable bonds is 3. The molecule has 1 spiro atoms. The number of hydrogen-bond donors (Lipinski definition) is 2. The second kappa shape index (κ2) is 5.50. The maximum atomic E-state index is 12.7. The van der Waals surface area contributed by atoms with Gasteiger partial charge in [0.15, 0.2) is 0 Å². The third-order valence-electron chi connectivity index (χ3n) is 5.22. The van der Waals surface area contributed by atoms with E-state index in [1.54, 1.807) is 0 Å². The predicted octanol–water partition coefficient (Wildman–Crippen LogP) is 0.315. The summed E-state index contributed by atoms with van der Waals surface area (Å²) in [5.74, 6) is -1.88. The minimum Gasteiger partial charge on any atom is -0.480 e. The number of carboxylic acids is 1. The Morgan fingerprint density at radius 3 is 2.52 bits per heavy atom. The molecule has 0 bridgehead atoms. The molecule has 3 rings (SSSR count). The molecule has 8 nitrogen and oxygen atoms in total. The van der Waals surface area contributed by atoms with Gasteiger partial charge in [0.05, 0.1) is 0 Å². The van der Waals surface area contributed by atoms with E-state index in [1.807, 2.05) is 0 Å². The molecular formula is C15H21N3O5. The normalized spacial score (nSPS) is 27.6. The molecule has 2 atom stereocenters. The molecule has 0 radical (unpaired) electrons. The fourth-order valence-electron chi connectivity index (χ4n) is 3.95. The molecule has 126 valence electrons. The van der Waals surface area contributed by atoms with Crippen LogP contribution in [-0.4, -0.2) is 62.9 Å². The summed E-state index contributed by atoms with van der Waals surface area (Å²) in [5, 5.41) is 11.9. The van der Waals surface area contributed by atoms with Crippen LogP contribution in [0.25, 0.3) is 0 Å². The Balaban J connectivity index is 1.78. The number of amides is 4. The highest BCUT2D eigenvalue weighted by atomic mass is 16.4. The molecule has 0 aromatic rings. The molecule has 2 aliphatic heterocycles. The number of imide groups is 1. The van der Waals surface area contributed by atoms with E-state index >= 15 is 0 Å². The summed E-state index contributed by atoms with van der Waals surface area (Å²) in [7, 11) is 0. The average molecular weight is 323 g/mol. The fourth-order valence-corrected chi connectivity index (χ4v) is 3.95. The van der Waals surface area contributed by atoms with Crippen LogP contribution in [0.4, 0.5) is 4.79 Å². The summed E-state index contributed by atoms with van der Waals surface area (Å²) in [6, 6.07) is -2.41. The van der Waals surface area contributed by atoms with Gasteiger partial charge in [0.1, 0.15) is 17.6 Å². The van der Waals surface area contributed by atoms with Crippen molar-refractivity contribution in [1.82, 2.24) is 15.1 Å². The first-order chi connectivity index (χ1) is 10.9. The van der Waals surface area contributed by atoms with Gasteiger partial charge >= 0.3 is 12.0 Å².